The fraction of sp³-hybridized carbons (Fsp3) is 0.667. The molecule has 0 aromatic heterocycles. The molecule has 0 aliphatic rings. The zero-order valence-corrected chi connectivity index (χ0v) is 8.34. The molecule has 0 amide bonds. The Bertz CT molecular complexity index is 138. The van der Waals surface area contributed by atoms with Gasteiger partial charge in [-0.15, -0.1) is 0 Å². The lowest BCUT2D eigenvalue weighted by atomic mass is 10.6. The van der Waals surface area contributed by atoms with Crippen molar-refractivity contribution >= 4 is 34.4 Å². The van der Waals surface area contributed by atoms with E-state index in [9.17, 15) is 0 Å². The third-order valence-electron chi connectivity index (χ3n) is 1.36. The summed E-state index contributed by atoms with van der Waals surface area (Å²) in [5, 5.41) is 3.66. The lowest BCUT2D eigenvalue weighted by Gasteiger charge is -2.29. The van der Waals surface area contributed by atoms with Gasteiger partial charge in [0.15, 0.2) is 0 Å². The van der Waals surface area contributed by atoms with Gasteiger partial charge in [-0.3, -0.25) is 10.0 Å². The molecule has 0 radical (unpaired) electrons. The maximum atomic E-state index is 4.94. The first kappa shape index (κ1) is 9.78. The largest absolute Gasteiger partial charge is 0.282 e. The monoisotopic (exact) mass is 176 g/mol. The Balaban J connectivity index is 4.07. The number of nitrogens with zero attached hydrogens (tertiary/aromatic N) is 2. The summed E-state index contributed by atoms with van der Waals surface area (Å²) in [5.74, 6) is 0. The smallest absolute Gasteiger partial charge is 0.0939 e. The molecule has 0 saturated heterocycles. The van der Waals surface area contributed by atoms with E-state index in [1.807, 2.05) is 38.0 Å². The standard InChI is InChI=1S/C6H12N2S2/c1-5(9)7(3)8(4)6(2)10/h1-4H3. The predicted molar refractivity (Wildman–Crippen MR) is 52.1 cm³/mol. The molecule has 0 aromatic rings. The highest BCUT2D eigenvalue weighted by molar-refractivity contribution is 7.80. The predicted octanol–water partition coefficient (Wildman–Crippen LogP) is 1.46. The van der Waals surface area contributed by atoms with Crippen LogP contribution in [0, 0.1) is 0 Å². The molecule has 0 aromatic carbocycles. The molecular formula is C6H12N2S2. The van der Waals surface area contributed by atoms with Crippen LogP contribution >= 0.6 is 24.4 Å². The van der Waals surface area contributed by atoms with Gasteiger partial charge in [0.1, 0.15) is 0 Å². The van der Waals surface area contributed by atoms with E-state index in [0.29, 0.717) is 0 Å². The number of thiocarbonyl (C=S) groups is 2. The fourth-order valence-corrected chi connectivity index (χ4v) is 0.667. The van der Waals surface area contributed by atoms with Crippen molar-refractivity contribution in [1.82, 2.24) is 10.0 Å². The van der Waals surface area contributed by atoms with Gasteiger partial charge < -0.3 is 0 Å². The molecule has 0 rings (SSSR count). The van der Waals surface area contributed by atoms with E-state index in [4.69, 9.17) is 24.4 Å². The minimum absolute atomic E-state index is 0.812. The minimum Gasteiger partial charge on any atom is -0.282 e. The number of hydrogen-bond acceptors (Lipinski definition) is 2. The molecule has 0 aliphatic heterocycles. The summed E-state index contributed by atoms with van der Waals surface area (Å²) in [6, 6.07) is 0. The Morgan fingerprint density at radius 2 is 1.10 bits per heavy atom. The van der Waals surface area contributed by atoms with Crippen LogP contribution in [0.5, 0.6) is 0 Å². The number of hydrazine groups is 1. The quantitative estimate of drug-likeness (QED) is 0.407. The molecule has 0 N–H and O–H groups in total. The van der Waals surface area contributed by atoms with Crippen LogP contribution < -0.4 is 0 Å². The van der Waals surface area contributed by atoms with Crippen LogP contribution in [-0.2, 0) is 0 Å². The van der Waals surface area contributed by atoms with E-state index < -0.39 is 0 Å². The topological polar surface area (TPSA) is 6.48 Å². The summed E-state index contributed by atoms with van der Waals surface area (Å²) >= 11 is 9.88. The van der Waals surface area contributed by atoms with Gasteiger partial charge in [0.25, 0.3) is 0 Å². The highest BCUT2D eigenvalue weighted by atomic mass is 32.1. The highest BCUT2D eigenvalue weighted by Gasteiger charge is 2.04. The Hall–Kier alpha value is -0.220. The van der Waals surface area contributed by atoms with E-state index in [-0.39, 0.29) is 0 Å². The van der Waals surface area contributed by atoms with Crippen LogP contribution in [0.3, 0.4) is 0 Å². The summed E-state index contributed by atoms with van der Waals surface area (Å²) in [4.78, 5) is 1.62. The van der Waals surface area contributed by atoms with E-state index in [2.05, 4.69) is 0 Å². The van der Waals surface area contributed by atoms with Gasteiger partial charge in [-0.05, 0) is 13.8 Å². The van der Waals surface area contributed by atoms with Gasteiger partial charge in [0.05, 0.1) is 9.98 Å². The summed E-state index contributed by atoms with van der Waals surface area (Å²) < 4.78 is 0. The molecular weight excluding hydrogens is 164 g/mol. The number of hydrogen-bond donors (Lipinski definition) is 0. The Morgan fingerprint density at radius 1 is 0.900 bits per heavy atom. The van der Waals surface area contributed by atoms with Crippen LogP contribution in [0.2, 0.25) is 0 Å². The summed E-state index contributed by atoms with van der Waals surface area (Å²) in [5.41, 5.74) is 0. The molecule has 10 heavy (non-hydrogen) atoms. The van der Waals surface area contributed by atoms with Crippen LogP contribution in [0.1, 0.15) is 13.8 Å². The Kier molecular flexibility index (Phi) is 3.75. The minimum atomic E-state index is 0.812. The average molecular weight is 176 g/mol. The average Bonchev–Trinajstić information content (AvgIpc) is 1.84. The first-order chi connectivity index (χ1) is 4.46. The molecule has 0 fully saturated rings. The second-order valence-corrected chi connectivity index (χ2v) is 3.27. The molecule has 0 bridgehead atoms. The maximum Gasteiger partial charge on any atom is 0.0939 e. The van der Waals surface area contributed by atoms with Crippen LogP contribution in [0.15, 0.2) is 0 Å². The maximum absolute atomic E-state index is 4.94. The van der Waals surface area contributed by atoms with Gasteiger partial charge in [-0.1, -0.05) is 24.4 Å². The van der Waals surface area contributed by atoms with Crippen molar-refractivity contribution in [2.75, 3.05) is 14.1 Å². The second kappa shape index (κ2) is 3.83. The van der Waals surface area contributed by atoms with Crippen molar-refractivity contribution in [3.8, 4) is 0 Å². The Morgan fingerprint density at radius 3 is 1.20 bits per heavy atom. The van der Waals surface area contributed by atoms with Gasteiger partial charge in [-0.2, -0.15) is 0 Å². The van der Waals surface area contributed by atoms with Crippen LogP contribution in [0.25, 0.3) is 0 Å². The van der Waals surface area contributed by atoms with E-state index >= 15 is 0 Å². The molecule has 0 spiro atoms. The third-order valence-corrected chi connectivity index (χ3v) is 1.89. The molecule has 0 unspecified atom stereocenters. The van der Waals surface area contributed by atoms with Gasteiger partial charge >= 0.3 is 0 Å². The van der Waals surface area contributed by atoms with Crippen molar-refractivity contribution in [2.45, 2.75) is 13.8 Å². The third kappa shape index (κ3) is 2.58. The van der Waals surface area contributed by atoms with Crippen LogP contribution in [0.4, 0.5) is 0 Å². The molecule has 0 atom stereocenters. The van der Waals surface area contributed by atoms with Gasteiger partial charge in [-0.25, -0.2) is 0 Å². The zero-order chi connectivity index (χ0) is 8.31. The molecule has 0 aliphatic carbocycles. The fourth-order valence-electron chi connectivity index (χ4n) is 0.422. The lowest BCUT2D eigenvalue weighted by Crippen LogP contribution is -2.41. The van der Waals surface area contributed by atoms with Crippen molar-refractivity contribution in [2.24, 2.45) is 0 Å². The first-order valence-electron chi connectivity index (χ1n) is 2.95. The van der Waals surface area contributed by atoms with Crippen LogP contribution in [-0.4, -0.2) is 34.1 Å². The molecule has 2 nitrogen and oxygen atoms in total. The van der Waals surface area contributed by atoms with E-state index in [0.717, 1.165) is 9.98 Å². The van der Waals surface area contributed by atoms with E-state index in [1.54, 1.807) is 0 Å². The normalized spacial score (nSPS) is 8.80. The lowest BCUT2D eigenvalue weighted by molar-refractivity contribution is 0.213. The molecule has 0 saturated carbocycles. The van der Waals surface area contributed by atoms with E-state index in [1.165, 1.54) is 0 Å². The summed E-state index contributed by atoms with van der Waals surface area (Å²) in [6.07, 6.45) is 0. The zero-order valence-electron chi connectivity index (χ0n) is 6.71. The van der Waals surface area contributed by atoms with Crippen molar-refractivity contribution < 1.29 is 0 Å². The summed E-state index contributed by atoms with van der Waals surface area (Å²) in [7, 11) is 3.77. The molecule has 0 heterocycles. The second-order valence-electron chi connectivity index (χ2n) is 2.09. The van der Waals surface area contributed by atoms with Crippen molar-refractivity contribution in [3.05, 3.63) is 0 Å². The highest BCUT2D eigenvalue weighted by Crippen LogP contribution is 1.94. The SMILES string of the molecule is CC(=S)N(C)N(C)C(C)=S. The number of rotatable bonds is 0. The molecule has 4 heteroatoms. The Labute approximate surface area is 72.8 Å². The van der Waals surface area contributed by atoms with Gasteiger partial charge in [0, 0.05) is 14.1 Å². The van der Waals surface area contributed by atoms with Crippen molar-refractivity contribution in [1.29, 1.82) is 0 Å². The van der Waals surface area contributed by atoms with Crippen molar-refractivity contribution in [3.63, 3.8) is 0 Å². The van der Waals surface area contributed by atoms with Gasteiger partial charge in [0.2, 0.25) is 0 Å². The summed E-state index contributed by atoms with van der Waals surface area (Å²) in [6.45, 7) is 3.73. The first-order valence-corrected chi connectivity index (χ1v) is 3.77. The molecule has 58 valence electrons.